The molecule has 0 unspecified atom stereocenters. The summed E-state index contributed by atoms with van der Waals surface area (Å²) >= 11 is 9.00. The molecule has 0 heterocycles. The van der Waals surface area contributed by atoms with Crippen LogP contribution in [0.3, 0.4) is 0 Å². The molecule has 2 aromatic carbocycles. The third-order valence-electron chi connectivity index (χ3n) is 2.57. The zero-order valence-electron chi connectivity index (χ0n) is 9.86. The maximum atomic E-state index is 11.9. The highest BCUT2D eigenvalue weighted by Crippen LogP contribution is 2.22. The second kappa shape index (κ2) is 6.08. The molecule has 0 saturated carbocycles. The summed E-state index contributed by atoms with van der Waals surface area (Å²) < 4.78 is 0.722. The van der Waals surface area contributed by atoms with Gasteiger partial charge in [-0.3, -0.25) is 4.79 Å². The summed E-state index contributed by atoms with van der Waals surface area (Å²) in [5.41, 5.74) is 1.19. The largest absolute Gasteiger partial charge is 0.507 e. The summed E-state index contributed by atoms with van der Waals surface area (Å²) in [5.74, 6) is -0.372. The van der Waals surface area contributed by atoms with Crippen molar-refractivity contribution < 1.29 is 9.90 Å². The Hall–Kier alpha value is -1.52. The van der Waals surface area contributed by atoms with Gasteiger partial charge in [0.05, 0.1) is 5.56 Å². The van der Waals surface area contributed by atoms with E-state index < -0.39 is 0 Å². The minimum absolute atomic E-state index is 0.0528. The molecule has 0 spiro atoms. The van der Waals surface area contributed by atoms with Crippen LogP contribution < -0.4 is 5.32 Å². The van der Waals surface area contributed by atoms with Crippen molar-refractivity contribution in [2.45, 2.75) is 6.54 Å². The van der Waals surface area contributed by atoms with E-state index in [1.165, 1.54) is 6.07 Å². The van der Waals surface area contributed by atoms with Gasteiger partial charge in [0.15, 0.2) is 0 Å². The first kappa shape index (κ1) is 13.9. The second-order valence-corrected chi connectivity index (χ2v) is 5.32. The summed E-state index contributed by atoms with van der Waals surface area (Å²) in [6, 6.07) is 12.0. The Kier molecular flexibility index (Phi) is 4.45. The molecule has 0 fully saturated rings. The molecule has 0 bridgehead atoms. The molecular formula is C14H11BrClNO2. The average molecular weight is 341 g/mol. The number of nitrogens with one attached hydrogen (secondary N) is 1. The van der Waals surface area contributed by atoms with Gasteiger partial charge in [0.2, 0.25) is 0 Å². The first-order valence-corrected chi connectivity index (χ1v) is 6.74. The molecule has 0 aliphatic rings. The molecule has 2 aromatic rings. The molecule has 3 nitrogen and oxygen atoms in total. The van der Waals surface area contributed by atoms with Crippen LogP contribution in [0.5, 0.6) is 5.75 Å². The monoisotopic (exact) mass is 339 g/mol. The minimum Gasteiger partial charge on any atom is -0.507 e. The molecule has 98 valence electrons. The predicted octanol–water partition coefficient (Wildman–Crippen LogP) is 3.74. The van der Waals surface area contributed by atoms with Crippen LogP contribution in [0.1, 0.15) is 15.9 Å². The van der Waals surface area contributed by atoms with Crippen molar-refractivity contribution in [3.63, 3.8) is 0 Å². The van der Waals surface area contributed by atoms with Crippen molar-refractivity contribution in [2.75, 3.05) is 0 Å². The number of phenolic OH excluding ortho intramolecular Hbond substituents is 1. The fourth-order valence-corrected chi connectivity index (χ4v) is 2.05. The van der Waals surface area contributed by atoms with Crippen LogP contribution in [0, 0.1) is 0 Å². The fourth-order valence-electron chi connectivity index (χ4n) is 1.58. The van der Waals surface area contributed by atoms with Crippen LogP contribution in [0.25, 0.3) is 0 Å². The second-order valence-electron chi connectivity index (χ2n) is 3.97. The number of phenols is 1. The van der Waals surface area contributed by atoms with E-state index in [1.807, 2.05) is 12.1 Å². The van der Waals surface area contributed by atoms with Crippen molar-refractivity contribution in [3.05, 3.63) is 63.1 Å². The highest BCUT2D eigenvalue weighted by Gasteiger charge is 2.10. The Morgan fingerprint density at radius 1 is 1.21 bits per heavy atom. The third kappa shape index (κ3) is 3.72. The molecule has 0 saturated heterocycles. The number of carbonyl (C=O) groups excluding carboxylic acids is 1. The SMILES string of the molecule is O=C(NCc1ccc(Cl)cc1)c1ccc(Br)cc1O. The van der Waals surface area contributed by atoms with Crippen LogP contribution in [-0.4, -0.2) is 11.0 Å². The van der Waals surface area contributed by atoms with Crippen molar-refractivity contribution in [2.24, 2.45) is 0 Å². The number of hydrogen-bond donors (Lipinski definition) is 2. The lowest BCUT2D eigenvalue weighted by atomic mass is 10.1. The molecule has 5 heteroatoms. The van der Waals surface area contributed by atoms with E-state index in [0.717, 1.165) is 10.0 Å². The molecule has 2 rings (SSSR count). The quantitative estimate of drug-likeness (QED) is 0.894. The lowest BCUT2D eigenvalue weighted by Gasteiger charge is -2.07. The van der Waals surface area contributed by atoms with E-state index in [1.54, 1.807) is 24.3 Å². The van der Waals surface area contributed by atoms with Crippen LogP contribution >= 0.6 is 27.5 Å². The molecule has 0 aromatic heterocycles. The highest BCUT2D eigenvalue weighted by atomic mass is 79.9. The molecule has 2 N–H and O–H groups in total. The van der Waals surface area contributed by atoms with Gasteiger partial charge in [0.25, 0.3) is 5.91 Å². The van der Waals surface area contributed by atoms with Gasteiger partial charge in [0.1, 0.15) is 5.75 Å². The molecule has 0 atom stereocenters. The lowest BCUT2D eigenvalue weighted by molar-refractivity contribution is 0.0948. The zero-order valence-corrected chi connectivity index (χ0v) is 12.2. The molecule has 1 amide bonds. The minimum atomic E-state index is -0.319. The summed E-state index contributed by atoms with van der Waals surface area (Å²) in [5, 5.41) is 13.1. The number of amides is 1. The maximum Gasteiger partial charge on any atom is 0.255 e. The normalized spacial score (nSPS) is 10.2. The lowest BCUT2D eigenvalue weighted by Crippen LogP contribution is -2.22. The van der Waals surface area contributed by atoms with Gasteiger partial charge < -0.3 is 10.4 Å². The third-order valence-corrected chi connectivity index (χ3v) is 3.32. The number of carbonyl (C=O) groups is 1. The predicted molar refractivity (Wildman–Crippen MR) is 78.4 cm³/mol. The average Bonchev–Trinajstić information content (AvgIpc) is 2.37. The first-order chi connectivity index (χ1) is 9.06. The van der Waals surface area contributed by atoms with Gasteiger partial charge in [-0.05, 0) is 35.9 Å². The van der Waals surface area contributed by atoms with E-state index in [0.29, 0.717) is 11.6 Å². The van der Waals surface area contributed by atoms with Crippen LogP contribution in [-0.2, 0) is 6.54 Å². The number of benzene rings is 2. The van der Waals surface area contributed by atoms with Gasteiger partial charge in [-0.25, -0.2) is 0 Å². The Labute approximate surface area is 124 Å². The smallest absolute Gasteiger partial charge is 0.255 e. The Bertz CT molecular complexity index is 599. The van der Waals surface area contributed by atoms with Gasteiger partial charge in [-0.2, -0.15) is 0 Å². The number of halogens is 2. The molecule has 0 aliphatic heterocycles. The summed E-state index contributed by atoms with van der Waals surface area (Å²) in [6.07, 6.45) is 0. The Morgan fingerprint density at radius 3 is 2.53 bits per heavy atom. The van der Waals surface area contributed by atoms with Gasteiger partial charge in [-0.1, -0.05) is 39.7 Å². The highest BCUT2D eigenvalue weighted by molar-refractivity contribution is 9.10. The van der Waals surface area contributed by atoms with Gasteiger partial charge in [0, 0.05) is 16.0 Å². The Morgan fingerprint density at radius 2 is 1.89 bits per heavy atom. The number of hydrogen-bond acceptors (Lipinski definition) is 2. The van der Waals surface area contributed by atoms with Gasteiger partial charge in [-0.15, -0.1) is 0 Å². The fraction of sp³-hybridized carbons (Fsp3) is 0.0714. The standard InChI is InChI=1S/C14H11BrClNO2/c15-10-3-6-12(13(18)7-10)14(19)17-8-9-1-4-11(16)5-2-9/h1-7,18H,8H2,(H,17,19). The zero-order chi connectivity index (χ0) is 13.8. The van der Waals surface area contributed by atoms with Crippen molar-refractivity contribution >= 4 is 33.4 Å². The van der Waals surface area contributed by atoms with E-state index in [9.17, 15) is 9.90 Å². The first-order valence-electron chi connectivity index (χ1n) is 5.57. The van der Waals surface area contributed by atoms with E-state index >= 15 is 0 Å². The molecular weight excluding hydrogens is 330 g/mol. The van der Waals surface area contributed by atoms with Crippen molar-refractivity contribution in [3.8, 4) is 5.75 Å². The number of rotatable bonds is 3. The summed E-state index contributed by atoms with van der Waals surface area (Å²) in [4.78, 5) is 11.9. The van der Waals surface area contributed by atoms with Crippen molar-refractivity contribution in [1.82, 2.24) is 5.32 Å². The topological polar surface area (TPSA) is 49.3 Å². The Balaban J connectivity index is 2.03. The summed E-state index contributed by atoms with van der Waals surface area (Å²) in [7, 11) is 0. The van der Waals surface area contributed by atoms with Crippen molar-refractivity contribution in [1.29, 1.82) is 0 Å². The van der Waals surface area contributed by atoms with Crippen LogP contribution in [0.2, 0.25) is 5.02 Å². The molecule has 0 radical (unpaired) electrons. The molecule has 0 aliphatic carbocycles. The number of aromatic hydroxyl groups is 1. The van der Waals surface area contributed by atoms with E-state index in [-0.39, 0.29) is 17.2 Å². The van der Waals surface area contributed by atoms with Crippen LogP contribution in [0.4, 0.5) is 0 Å². The summed E-state index contributed by atoms with van der Waals surface area (Å²) in [6.45, 7) is 0.380. The van der Waals surface area contributed by atoms with E-state index in [4.69, 9.17) is 11.6 Å². The van der Waals surface area contributed by atoms with Gasteiger partial charge >= 0.3 is 0 Å². The maximum absolute atomic E-state index is 11.9. The van der Waals surface area contributed by atoms with Crippen LogP contribution in [0.15, 0.2) is 46.9 Å². The van der Waals surface area contributed by atoms with E-state index in [2.05, 4.69) is 21.2 Å². The molecule has 19 heavy (non-hydrogen) atoms.